The van der Waals surface area contributed by atoms with Crippen molar-refractivity contribution in [3.8, 4) is 17.2 Å². The molecule has 1 aliphatic rings. The first-order valence-electron chi connectivity index (χ1n) is 10.9. The number of rotatable bonds is 8. The minimum Gasteiger partial charge on any atom is -0.494 e. The Bertz CT molecular complexity index is 1340. The standard InChI is InChI=1S/C17H16N2O6.C8H8ClFO/c1-9(18-7-20)5-10(2)19-17(22)14-6-12(21)11-3-4-13-16(15(11)25-14)24-8-23-13;1-2-11-6-3-4-7(9)8(10)5-6/h3-4,6-7,9H,2,5,8H2,1H3,(H,18,20)(H,19,22);3-5H,2H2,1H3. The number of halogens is 2. The summed E-state index contributed by atoms with van der Waals surface area (Å²) in [4.78, 5) is 35.0. The molecule has 1 unspecified atom stereocenters. The highest BCUT2D eigenvalue weighted by molar-refractivity contribution is 6.30. The summed E-state index contributed by atoms with van der Waals surface area (Å²) in [6, 6.07) is 8.47. The fourth-order valence-electron chi connectivity index (χ4n) is 3.24. The van der Waals surface area contributed by atoms with Crippen LogP contribution in [0.2, 0.25) is 5.02 Å². The second-order valence-electron chi connectivity index (χ2n) is 7.61. The average molecular weight is 519 g/mol. The van der Waals surface area contributed by atoms with Crippen molar-refractivity contribution in [1.82, 2.24) is 10.6 Å². The highest BCUT2D eigenvalue weighted by Gasteiger charge is 2.22. The van der Waals surface area contributed by atoms with Crippen LogP contribution in [0.4, 0.5) is 4.39 Å². The Morgan fingerprint density at radius 1 is 1.28 bits per heavy atom. The lowest BCUT2D eigenvalue weighted by atomic mass is 10.2. The van der Waals surface area contributed by atoms with Crippen molar-refractivity contribution in [2.75, 3.05) is 13.4 Å². The van der Waals surface area contributed by atoms with Crippen molar-refractivity contribution in [2.24, 2.45) is 0 Å². The molecule has 2 amide bonds. The Kier molecular flexibility index (Phi) is 8.91. The Hall–Kier alpha value is -4.05. The predicted octanol–water partition coefficient (Wildman–Crippen LogP) is 4.17. The summed E-state index contributed by atoms with van der Waals surface area (Å²) in [5.74, 6) is 0.0302. The van der Waals surface area contributed by atoms with Gasteiger partial charge in [0.1, 0.15) is 11.6 Å². The number of carbonyl (C=O) groups excluding carboxylic acids is 2. The van der Waals surface area contributed by atoms with Gasteiger partial charge in [-0.3, -0.25) is 14.4 Å². The molecule has 0 aliphatic carbocycles. The van der Waals surface area contributed by atoms with Crippen LogP contribution in [-0.4, -0.2) is 31.8 Å². The molecule has 9 nitrogen and oxygen atoms in total. The summed E-state index contributed by atoms with van der Waals surface area (Å²) in [5, 5.41) is 5.52. The van der Waals surface area contributed by atoms with Gasteiger partial charge in [0.05, 0.1) is 17.0 Å². The van der Waals surface area contributed by atoms with E-state index in [9.17, 15) is 18.8 Å². The predicted molar refractivity (Wildman–Crippen MR) is 131 cm³/mol. The van der Waals surface area contributed by atoms with Gasteiger partial charge in [-0.2, -0.15) is 0 Å². The van der Waals surface area contributed by atoms with E-state index in [2.05, 4.69) is 17.2 Å². The van der Waals surface area contributed by atoms with Gasteiger partial charge >= 0.3 is 0 Å². The highest BCUT2D eigenvalue weighted by atomic mass is 35.5. The molecule has 3 aromatic rings. The lowest BCUT2D eigenvalue weighted by Crippen LogP contribution is -2.30. The fraction of sp³-hybridized carbons (Fsp3) is 0.240. The van der Waals surface area contributed by atoms with E-state index in [1.807, 2.05) is 6.92 Å². The van der Waals surface area contributed by atoms with E-state index in [0.29, 0.717) is 47.8 Å². The molecule has 36 heavy (non-hydrogen) atoms. The maximum atomic E-state index is 12.7. The summed E-state index contributed by atoms with van der Waals surface area (Å²) >= 11 is 5.45. The van der Waals surface area contributed by atoms with E-state index in [-0.39, 0.29) is 34.6 Å². The number of fused-ring (bicyclic) bond motifs is 3. The van der Waals surface area contributed by atoms with Crippen molar-refractivity contribution < 1.29 is 32.6 Å². The number of hydrogen-bond acceptors (Lipinski definition) is 7. The zero-order valence-corrected chi connectivity index (χ0v) is 20.3. The van der Waals surface area contributed by atoms with Crippen LogP contribution >= 0.6 is 11.6 Å². The molecule has 190 valence electrons. The van der Waals surface area contributed by atoms with Crippen LogP contribution < -0.4 is 30.3 Å². The Balaban J connectivity index is 0.000000275. The molecule has 0 spiro atoms. The highest BCUT2D eigenvalue weighted by Crippen LogP contribution is 2.38. The largest absolute Gasteiger partial charge is 0.494 e. The van der Waals surface area contributed by atoms with Gasteiger partial charge in [0.15, 0.2) is 22.5 Å². The van der Waals surface area contributed by atoms with Gasteiger partial charge in [0.25, 0.3) is 5.91 Å². The van der Waals surface area contributed by atoms with Gasteiger partial charge in [-0.25, -0.2) is 4.39 Å². The van der Waals surface area contributed by atoms with E-state index < -0.39 is 11.7 Å². The zero-order valence-electron chi connectivity index (χ0n) is 19.6. The van der Waals surface area contributed by atoms with Crippen LogP contribution in [0, 0.1) is 5.82 Å². The molecule has 0 fully saturated rings. The molecule has 0 bridgehead atoms. The Labute approximate surface area is 210 Å². The summed E-state index contributed by atoms with van der Waals surface area (Å²) in [6.45, 7) is 7.89. The Morgan fingerprint density at radius 2 is 2.06 bits per heavy atom. The molecule has 2 heterocycles. The van der Waals surface area contributed by atoms with Crippen molar-refractivity contribution in [1.29, 1.82) is 0 Å². The minimum absolute atomic E-state index is 0.0208. The second kappa shape index (κ2) is 12.1. The third-order valence-electron chi connectivity index (χ3n) is 4.85. The van der Waals surface area contributed by atoms with Gasteiger partial charge < -0.3 is 29.3 Å². The monoisotopic (exact) mass is 518 g/mol. The molecule has 2 aromatic carbocycles. The molecule has 0 saturated heterocycles. The number of amides is 2. The summed E-state index contributed by atoms with van der Waals surface area (Å²) in [7, 11) is 0. The molecule has 4 rings (SSSR count). The maximum absolute atomic E-state index is 12.7. The molecule has 0 radical (unpaired) electrons. The maximum Gasteiger partial charge on any atom is 0.291 e. The number of carbonyl (C=O) groups is 2. The van der Waals surface area contributed by atoms with Crippen molar-refractivity contribution >= 4 is 34.9 Å². The Morgan fingerprint density at radius 3 is 2.75 bits per heavy atom. The average Bonchev–Trinajstić information content (AvgIpc) is 3.31. The van der Waals surface area contributed by atoms with Crippen LogP contribution in [0.3, 0.4) is 0 Å². The van der Waals surface area contributed by atoms with Crippen LogP contribution in [0.25, 0.3) is 11.0 Å². The van der Waals surface area contributed by atoms with Crippen molar-refractivity contribution in [3.05, 3.63) is 75.5 Å². The second-order valence-corrected chi connectivity index (χ2v) is 8.01. The topological polar surface area (TPSA) is 116 Å². The third-order valence-corrected chi connectivity index (χ3v) is 5.16. The summed E-state index contributed by atoms with van der Waals surface area (Å²) in [5.41, 5.74) is 0.174. The molecular formula is C25H24ClFN2O7. The molecule has 1 aromatic heterocycles. The molecule has 0 saturated carbocycles. The normalized spacial score (nSPS) is 12.2. The van der Waals surface area contributed by atoms with Gasteiger partial charge in [-0.1, -0.05) is 18.2 Å². The molecular weight excluding hydrogens is 495 g/mol. The number of benzene rings is 2. The molecule has 11 heteroatoms. The van der Waals surface area contributed by atoms with E-state index >= 15 is 0 Å². The lowest BCUT2D eigenvalue weighted by molar-refractivity contribution is -0.110. The van der Waals surface area contributed by atoms with E-state index in [1.54, 1.807) is 25.1 Å². The van der Waals surface area contributed by atoms with Crippen LogP contribution in [0.1, 0.15) is 30.8 Å². The summed E-state index contributed by atoms with van der Waals surface area (Å²) in [6.07, 6.45) is 0.916. The van der Waals surface area contributed by atoms with Gasteiger partial charge in [0, 0.05) is 30.3 Å². The first-order chi connectivity index (χ1) is 17.2. The quantitative estimate of drug-likeness (QED) is 0.430. The van der Waals surface area contributed by atoms with Gasteiger partial charge in [0.2, 0.25) is 19.0 Å². The molecule has 1 atom stereocenters. The first kappa shape index (κ1) is 26.6. The van der Waals surface area contributed by atoms with E-state index in [1.165, 1.54) is 12.1 Å². The number of nitrogens with one attached hydrogen (secondary N) is 2. The van der Waals surface area contributed by atoms with Crippen molar-refractivity contribution in [2.45, 2.75) is 26.3 Å². The SMILES string of the molecule is C=C(CC(C)NC=O)NC(=O)c1cc(=O)c2ccc3c(c2o1)OCO3.CCOc1ccc(Cl)c(F)c1. The number of ether oxygens (including phenoxy) is 3. The molecule has 1 aliphatic heterocycles. The zero-order chi connectivity index (χ0) is 26.2. The molecule has 2 N–H and O–H groups in total. The minimum atomic E-state index is -0.612. The fourth-order valence-corrected chi connectivity index (χ4v) is 3.36. The third kappa shape index (κ3) is 6.54. The van der Waals surface area contributed by atoms with Crippen LogP contribution in [0.5, 0.6) is 17.2 Å². The van der Waals surface area contributed by atoms with E-state index in [4.69, 9.17) is 30.2 Å². The van der Waals surface area contributed by atoms with Gasteiger partial charge in [-0.05, 0) is 38.1 Å². The van der Waals surface area contributed by atoms with Crippen LogP contribution in [-0.2, 0) is 4.79 Å². The van der Waals surface area contributed by atoms with Crippen molar-refractivity contribution in [3.63, 3.8) is 0 Å². The lowest BCUT2D eigenvalue weighted by Gasteiger charge is -2.13. The smallest absolute Gasteiger partial charge is 0.291 e. The summed E-state index contributed by atoms with van der Waals surface area (Å²) < 4.78 is 33.9. The number of hydrogen-bond donors (Lipinski definition) is 2. The first-order valence-corrected chi connectivity index (χ1v) is 11.2. The van der Waals surface area contributed by atoms with E-state index in [0.717, 1.165) is 6.07 Å². The van der Waals surface area contributed by atoms with Gasteiger partial charge in [-0.15, -0.1) is 0 Å². The van der Waals surface area contributed by atoms with Crippen LogP contribution in [0.15, 0.2) is 57.9 Å².